The van der Waals surface area contributed by atoms with Gasteiger partial charge in [-0.15, -0.1) is 0 Å². The van der Waals surface area contributed by atoms with Crippen LogP contribution in [0.2, 0.25) is 0 Å². The van der Waals surface area contributed by atoms with Gasteiger partial charge in [-0.1, -0.05) is 30.2 Å². The van der Waals surface area contributed by atoms with Crippen molar-refractivity contribution in [2.75, 3.05) is 0 Å². The lowest BCUT2D eigenvalue weighted by atomic mass is 9.80. The van der Waals surface area contributed by atoms with Crippen LogP contribution in [0.5, 0.6) is 0 Å². The van der Waals surface area contributed by atoms with Gasteiger partial charge in [0.05, 0.1) is 0 Å². The van der Waals surface area contributed by atoms with Crippen molar-refractivity contribution in [2.45, 2.75) is 45.6 Å². The van der Waals surface area contributed by atoms with Gasteiger partial charge in [-0.05, 0) is 62.0 Å². The fourth-order valence-electron chi connectivity index (χ4n) is 4.16. The van der Waals surface area contributed by atoms with E-state index in [1.807, 2.05) is 0 Å². The van der Waals surface area contributed by atoms with E-state index in [9.17, 15) is 0 Å². The van der Waals surface area contributed by atoms with Crippen LogP contribution < -0.4 is 5.73 Å². The molecule has 3 rings (SSSR count). The second-order valence-electron chi connectivity index (χ2n) is 6.22. The molecule has 2 aliphatic rings. The molecule has 1 nitrogen and oxygen atoms in total. The maximum atomic E-state index is 6.54. The Morgan fingerprint density at radius 3 is 2.59 bits per heavy atom. The molecule has 2 N–H and O–H groups in total. The highest BCUT2D eigenvalue weighted by Crippen LogP contribution is 2.52. The molecule has 2 bridgehead atoms. The summed E-state index contributed by atoms with van der Waals surface area (Å²) in [4.78, 5) is 0. The van der Waals surface area contributed by atoms with Crippen LogP contribution in [0.15, 0.2) is 18.2 Å². The minimum atomic E-state index is 0.269. The van der Waals surface area contributed by atoms with E-state index >= 15 is 0 Å². The van der Waals surface area contributed by atoms with E-state index in [-0.39, 0.29) is 6.04 Å². The molecule has 0 aromatic heterocycles. The fraction of sp³-hybridized carbons (Fsp3) is 0.625. The molecule has 0 aliphatic heterocycles. The first-order valence-corrected chi connectivity index (χ1v) is 6.98. The lowest BCUT2D eigenvalue weighted by molar-refractivity contribution is 0.284. The Hall–Kier alpha value is -0.820. The van der Waals surface area contributed by atoms with Crippen LogP contribution in [-0.4, -0.2) is 0 Å². The predicted molar refractivity (Wildman–Crippen MR) is 71.8 cm³/mol. The van der Waals surface area contributed by atoms with E-state index in [1.54, 1.807) is 0 Å². The van der Waals surface area contributed by atoms with E-state index < -0.39 is 0 Å². The van der Waals surface area contributed by atoms with Crippen molar-refractivity contribution in [1.82, 2.24) is 0 Å². The van der Waals surface area contributed by atoms with E-state index in [0.717, 1.165) is 17.8 Å². The summed E-state index contributed by atoms with van der Waals surface area (Å²) in [5, 5.41) is 0. The molecule has 0 spiro atoms. The first-order valence-electron chi connectivity index (χ1n) is 6.98. The molecule has 0 heterocycles. The molecule has 0 amide bonds. The normalized spacial score (nSPS) is 33.0. The first-order chi connectivity index (χ1) is 8.15. The summed E-state index contributed by atoms with van der Waals surface area (Å²) >= 11 is 0. The highest BCUT2D eigenvalue weighted by atomic mass is 14.7. The van der Waals surface area contributed by atoms with Gasteiger partial charge in [0.1, 0.15) is 0 Å². The quantitative estimate of drug-likeness (QED) is 0.821. The largest absolute Gasteiger partial charge is 0.324 e. The van der Waals surface area contributed by atoms with Crippen molar-refractivity contribution in [2.24, 2.45) is 23.5 Å². The molecular formula is C16H23N. The molecule has 17 heavy (non-hydrogen) atoms. The minimum Gasteiger partial charge on any atom is -0.324 e. The molecule has 4 atom stereocenters. The maximum Gasteiger partial charge on any atom is 0.0328 e. The van der Waals surface area contributed by atoms with Crippen molar-refractivity contribution >= 4 is 0 Å². The van der Waals surface area contributed by atoms with Gasteiger partial charge in [-0.2, -0.15) is 0 Å². The Labute approximate surface area is 104 Å². The van der Waals surface area contributed by atoms with Crippen molar-refractivity contribution in [3.63, 3.8) is 0 Å². The second-order valence-corrected chi connectivity index (χ2v) is 6.22. The SMILES string of the molecule is Cc1ccc(C(N)C2CC3CCC2C3)c(C)c1. The summed E-state index contributed by atoms with van der Waals surface area (Å²) in [6.07, 6.45) is 5.71. The van der Waals surface area contributed by atoms with Gasteiger partial charge in [0.2, 0.25) is 0 Å². The molecule has 2 aliphatic carbocycles. The van der Waals surface area contributed by atoms with Crippen LogP contribution in [0, 0.1) is 31.6 Å². The number of nitrogens with two attached hydrogens (primary N) is 1. The first kappa shape index (κ1) is 11.3. The van der Waals surface area contributed by atoms with Crippen LogP contribution in [-0.2, 0) is 0 Å². The molecule has 92 valence electrons. The number of rotatable bonds is 2. The lowest BCUT2D eigenvalue weighted by Gasteiger charge is -2.29. The van der Waals surface area contributed by atoms with E-state index in [4.69, 9.17) is 5.73 Å². The average molecular weight is 229 g/mol. The average Bonchev–Trinajstić information content (AvgIpc) is 2.89. The molecule has 2 fully saturated rings. The summed E-state index contributed by atoms with van der Waals surface area (Å²) in [6.45, 7) is 4.36. The third-order valence-corrected chi connectivity index (χ3v) is 5.04. The Balaban J connectivity index is 1.84. The van der Waals surface area contributed by atoms with Crippen LogP contribution >= 0.6 is 0 Å². The van der Waals surface area contributed by atoms with Crippen molar-refractivity contribution < 1.29 is 0 Å². The molecule has 0 saturated heterocycles. The van der Waals surface area contributed by atoms with Gasteiger partial charge in [0.15, 0.2) is 0 Å². The number of fused-ring (bicyclic) bond motifs is 2. The van der Waals surface area contributed by atoms with E-state index in [2.05, 4.69) is 32.0 Å². The van der Waals surface area contributed by atoms with Crippen LogP contribution in [0.3, 0.4) is 0 Å². The molecular weight excluding hydrogens is 206 g/mol. The topological polar surface area (TPSA) is 26.0 Å². The number of benzene rings is 1. The van der Waals surface area contributed by atoms with Gasteiger partial charge >= 0.3 is 0 Å². The molecule has 4 unspecified atom stereocenters. The monoisotopic (exact) mass is 229 g/mol. The minimum absolute atomic E-state index is 0.269. The smallest absolute Gasteiger partial charge is 0.0328 e. The van der Waals surface area contributed by atoms with Gasteiger partial charge in [0, 0.05) is 6.04 Å². The highest BCUT2D eigenvalue weighted by Gasteiger charge is 2.42. The number of hydrogen-bond donors (Lipinski definition) is 1. The Morgan fingerprint density at radius 2 is 2.00 bits per heavy atom. The van der Waals surface area contributed by atoms with E-state index in [1.165, 1.54) is 42.4 Å². The summed E-state index contributed by atoms with van der Waals surface area (Å²) in [7, 11) is 0. The molecule has 0 radical (unpaired) electrons. The van der Waals surface area contributed by atoms with Crippen molar-refractivity contribution in [1.29, 1.82) is 0 Å². The third kappa shape index (κ3) is 1.91. The summed E-state index contributed by atoms with van der Waals surface area (Å²) in [6, 6.07) is 6.99. The lowest BCUT2D eigenvalue weighted by Crippen LogP contribution is -2.26. The zero-order chi connectivity index (χ0) is 12.0. The van der Waals surface area contributed by atoms with E-state index in [0.29, 0.717) is 0 Å². The van der Waals surface area contributed by atoms with Crippen molar-refractivity contribution in [3.8, 4) is 0 Å². The predicted octanol–water partition coefficient (Wildman–Crippen LogP) is 3.74. The van der Waals surface area contributed by atoms with Crippen LogP contribution in [0.25, 0.3) is 0 Å². The molecule has 1 heteroatoms. The zero-order valence-electron chi connectivity index (χ0n) is 10.9. The number of hydrogen-bond acceptors (Lipinski definition) is 1. The molecule has 1 aromatic rings. The maximum absolute atomic E-state index is 6.54. The van der Waals surface area contributed by atoms with Gasteiger partial charge in [-0.25, -0.2) is 0 Å². The Morgan fingerprint density at radius 1 is 1.18 bits per heavy atom. The molecule has 1 aromatic carbocycles. The summed E-state index contributed by atoms with van der Waals surface area (Å²) < 4.78 is 0. The van der Waals surface area contributed by atoms with Gasteiger partial charge in [0.25, 0.3) is 0 Å². The highest BCUT2D eigenvalue weighted by molar-refractivity contribution is 5.33. The van der Waals surface area contributed by atoms with Crippen LogP contribution in [0.4, 0.5) is 0 Å². The van der Waals surface area contributed by atoms with Crippen LogP contribution in [0.1, 0.15) is 48.4 Å². The third-order valence-electron chi connectivity index (χ3n) is 5.04. The fourth-order valence-corrected chi connectivity index (χ4v) is 4.16. The zero-order valence-corrected chi connectivity index (χ0v) is 10.9. The summed E-state index contributed by atoms with van der Waals surface area (Å²) in [5.41, 5.74) is 10.6. The van der Waals surface area contributed by atoms with Crippen molar-refractivity contribution in [3.05, 3.63) is 34.9 Å². The standard InChI is InChI=1S/C16H23N/c1-10-3-6-14(11(2)7-10)16(17)15-9-12-4-5-13(15)8-12/h3,6-7,12-13,15-16H,4-5,8-9,17H2,1-2H3. The second kappa shape index (κ2) is 4.13. The summed E-state index contributed by atoms with van der Waals surface area (Å²) in [5.74, 6) is 2.65. The van der Waals surface area contributed by atoms with Gasteiger partial charge in [-0.3, -0.25) is 0 Å². The number of aryl methyl sites for hydroxylation is 2. The van der Waals surface area contributed by atoms with Gasteiger partial charge < -0.3 is 5.73 Å². The Bertz CT molecular complexity index is 424. The molecule has 2 saturated carbocycles. The Kier molecular flexibility index (Phi) is 2.74.